The summed E-state index contributed by atoms with van der Waals surface area (Å²) in [6.07, 6.45) is 1.27. The highest BCUT2D eigenvalue weighted by Crippen LogP contribution is 2.26. The van der Waals surface area contributed by atoms with E-state index in [2.05, 4.69) is 0 Å². The maximum absolute atomic E-state index is 12.6. The molecule has 3 rings (SSSR count). The molecule has 0 unspecified atom stereocenters. The summed E-state index contributed by atoms with van der Waals surface area (Å²) in [7, 11) is 0. The first-order valence-corrected chi connectivity index (χ1v) is 7.91. The largest absolute Gasteiger partial charge is 0.481 e. The van der Waals surface area contributed by atoms with Crippen molar-refractivity contribution in [2.75, 3.05) is 13.1 Å². The van der Waals surface area contributed by atoms with E-state index in [0.717, 1.165) is 5.56 Å². The second kappa shape index (κ2) is 6.50. The van der Waals surface area contributed by atoms with Gasteiger partial charge in [0.25, 0.3) is 0 Å². The maximum atomic E-state index is 12.6. The van der Waals surface area contributed by atoms with Crippen molar-refractivity contribution < 1.29 is 19.5 Å². The number of carbonyl (C=O) groups is 3. The number of carboxylic acids is 1. The summed E-state index contributed by atoms with van der Waals surface area (Å²) in [6.45, 7) is 1.42. The van der Waals surface area contributed by atoms with Gasteiger partial charge in [0.05, 0.1) is 24.9 Å². The quantitative estimate of drug-likeness (QED) is 0.842. The first kappa shape index (κ1) is 15.7. The number of imide groups is 1. The molecule has 6 nitrogen and oxygen atoms in total. The Bertz CT molecular complexity index is 608. The number of hydrogen-bond acceptors (Lipinski definition) is 4. The number of carbonyl (C=O) groups excluding carboxylic acids is 2. The number of carboxylic acid groups (broad SMARTS) is 1. The number of nitrogens with zero attached hydrogens (tertiary/aromatic N) is 2. The summed E-state index contributed by atoms with van der Waals surface area (Å²) < 4.78 is 0. The van der Waals surface area contributed by atoms with Gasteiger partial charge in [0, 0.05) is 0 Å². The number of hydrogen-bond donors (Lipinski definition) is 1. The smallest absolute Gasteiger partial charge is 0.306 e. The summed E-state index contributed by atoms with van der Waals surface area (Å²) >= 11 is 0. The van der Waals surface area contributed by atoms with E-state index in [4.69, 9.17) is 5.11 Å². The van der Waals surface area contributed by atoms with Crippen molar-refractivity contribution in [3.05, 3.63) is 35.9 Å². The summed E-state index contributed by atoms with van der Waals surface area (Å²) in [4.78, 5) is 39.1. The molecule has 2 aliphatic heterocycles. The monoisotopic (exact) mass is 316 g/mol. The van der Waals surface area contributed by atoms with E-state index in [1.54, 1.807) is 0 Å². The van der Waals surface area contributed by atoms with Crippen LogP contribution in [0, 0.1) is 5.92 Å². The molecular weight excluding hydrogens is 296 g/mol. The molecule has 1 N–H and O–H groups in total. The lowest BCUT2D eigenvalue weighted by Crippen LogP contribution is -2.46. The minimum atomic E-state index is -0.774. The van der Waals surface area contributed by atoms with Crippen molar-refractivity contribution in [3.8, 4) is 0 Å². The molecule has 122 valence electrons. The van der Waals surface area contributed by atoms with Gasteiger partial charge in [0.1, 0.15) is 0 Å². The predicted molar refractivity (Wildman–Crippen MR) is 82.3 cm³/mol. The number of piperidine rings is 1. The minimum absolute atomic E-state index is 0.149. The van der Waals surface area contributed by atoms with Crippen LogP contribution in [0.2, 0.25) is 0 Å². The van der Waals surface area contributed by atoms with Gasteiger partial charge in [-0.2, -0.15) is 0 Å². The van der Waals surface area contributed by atoms with Crippen molar-refractivity contribution in [3.63, 3.8) is 0 Å². The summed E-state index contributed by atoms with van der Waals surface area (Å²) in [6, 6.07) is 9.02. The van der Waals surface area contributed by atoms with Crippen LogP contribution in [-0.2, 0) is 20.9 Å². The second-order valence-electron chi connectivity index (χ2n) is 6.17. The molecule has 0 saturated carbocycles. The van der Waals surface area contributed by atoms with Crippen molar-refractivity contribution in [2.45, 2.75) is 31.8 Å². The Kier molecular flexibility index (Phi) is 4.43. The van der Waals surface area contributed by atoms with Crippen LogP contribution in [0.15, 0.2) is 30.3 Å². The average Bonchev–Trinajstić information content (AvgIpc) is 2.84. The molecule has 23 heavy (non-hydrogen) atoms. The van der Waals surface area contributed by atoms with Crippen molar-refractivity contribution in [1.29, 1.82) is 0 Å². The van der Waals surface area contributed by atoms with Crippen molar-refractivity contribution >= 4 is 17.8 Å². The third kappa shape index (κ3) is 3.27. The molecule has 1 aromatic carbocycles. The lowest BCUT2D eigenvalue weighted by molar-refractivity contribution is -0.143. The zero-order valence-electron chi connectivity index (χ0n) is 12.9. The van der Waals surface area contributed by atoms with Gasteiger partial charge in [0.2, 0.25) is 11.8 Å². The van der Waals surface area contributed by atoms with Gasteiger partial charge in [0.15, 0.2) is 0 Å². The van der Waals surface area contributed by atoms with Gasteiger partial charge < -0.3 is 5.11 Å². The summed E-state index contributed by atoms with van der Waals surface area (Å²) in [5, 5.41) is 9.04. The highest BCUT2D eigenvalue weighted by atomic mass is 16.4. The summed E-state index contributed by atoms with van der Waals surface area (Å²) in [5.41, 5.74) is 0.930. The lowest BCUT2D eigenvalue weighted by Gasteiger charge is -2.33. The minimum Gasteiger partial charge on any atom is -0.481 e. The van der Waals surface area contributed by atoms with Gasteiger partial charge >= 0.3 is 5.97 Å². The Hall–Kier alpha value is -2.21. The molecule has 2 fully saturated rings. The SMILES string of the molecule is O=C(O)C1CCN([C@H]2CC(=O)N(Cc3ccccc3)C2=O)CC1. The molecule has 2 saturated heterocycles. The molecule has 0 aromatic heterocycles. The Labute approximate surface area is 134 Å². The highest BCUT2D eigenvalue weighted by Gasteiger charge is 2.43. The highest BCUT2D eigenvalue weighted by molar-refractivity contribution is 6.05. The first-order chi connectivity index (χ1) is 11.1. The van der Waals surface area contributed by atoms with Gasteiger partial charge in [-0.1, -0.05) is 30.3 Å². The molecular formula is C17H20N2O4. The van der Waals surface area contributed by atoms with Crippen LogP contribution in [0.5, 0.6) is 0 Å². The standard InChI is InChI=1S/C17H20N2O4/c20-15-10-14(18-8-6-13(7-9-18)17(22)23)16(21)19(15)11-12-4-2-1-3-5-12/h1-5,13-14H,6-11H2,(H,22,23)/t14-/m0/s1. The Balaban J connectivity index is 1.64. The van der Waals surface area contributed by atoms with Crippen molar-refractivity contribution in [2.24, 2.45) is 5.92 Å². The molecule has 2 amide bonds. The molecule has 0 spiro atoms. The lowest BCUT2D eigenvalue weighted by atomic mass is 9.96. The van der Waals surface area contributed by atoms with Crippen LogP contribution < -0.4 is 0 Å². The van der Waals surface area contributed by atoms with Gasteiger partial charge in [-0.15, -0.1) is 0 Å². The zero-order valence-corrected chi connectivity index (χ0v) is 12.9. The third-order valence-electron chi connectivity index (χ3n) is 4.72. The first-order valence-electron chi connectivity index (χ1n) is 7.91. The zero-order chi connectivity index (χ0) is 16.4. The van der Waals surface area contributed by atoms with E-state index in [1.165, 1.54) is 4.90 Å². The normalized spacial score (nSPS) is 23.5. The van der Waals surface area contributed by atoms with Crippen LogP contribution in [0.4, 0.5) is 0 Å². The van der Waals surface area contributed by atoms with Crippen LogP contribution in [0.25, 0.3) is 0 Å². The van der Waals surface area contributed by atoms with Crippen molar-refractivity contribution in [1.82, 2.24) is 9.80 Å². The number of aliphatic carboxylic acids is 1. The Morgan fingerprint density at radius 1 is 1.13 bits per heavy atom. The van der Waals surface area contributed by atoms with E-state index in [-0.39, 0.29) is 24.2 Å². The third-order valence-corrected chi connectivity index (χ3v) is 4.72. The molecule has 1 aromatic rings. The number of rotatable bonds is 4. The van der Waals surface area contributed by atoms with Gasteiger partial charge in [-0.05, 0) is 31.5 Å². The van der Waals surface area contributed by atoms with Gasteiger partial charge in [-0.25, -0.2) is 0 Å². The van der Waals surface area contributed by atoms with Gasteiger partial charge in [-0.3, -0.25) is 24.2 Å². The fourth-order valence-electron chi connectivity index (χ4n) is 3.34. The molecule has 0 radical (unpaired) electrons. The Morgan fingerprint density at radius 2 is 1.78 bits per heavy atom. The van der Waals surface area contributed by atoms with E-state index < -0.39 is 12.0 Å². The number of likely N-dealkylation sites (tertiary alicyclic amines) is 2. The fraction of sp³-hybridized carbons (Fsp3) is 0.471. The molecule has 2 heterocycles. The predicted octanol–water partition coefficient (Wildman–Crippen LogP) is 1.11. The molecule has 0 bridgehead atoms. The molecule has 6 heteroatoms. The van der Waals surface area contributed by atoms with Crippen LogP contribution in [-0.4, -0.2) is 51.8 Å². The molecule has 1 atom stereocenters. The molecule has 2 aliphatic rings. The second-order valence-corrected chi connectivity index (χ2v) is 6.17. The summed E-state index contributed by atoms with van der Waals surface area (Å²) in [5.74, 6) is -1.42. The van der Waals surface area contributed by atoms with E-state index in [9.17, 15) is 14.4 Å². The average molecular weight is 316 g/mol. The maximum Gasteiger partial charge on any atom is 0.306 e. The topological polar surface area (TPSA) is 77.9 Å². The van der Waals surface area contributed by atoms with Crippen LogP contribution >= 0.6 is 0 Å². The van der Waals surface area contributed by atoms with E-state index in [1.807, 2.05) is 35.2 Å². The fourth-order valence-corrected chi connectivity index (χ4v) is 3.34. The number of amides is 2. The van der Waals surface area contributed by atoms with E-state index in [0.29, 0.717) is 32.5 Å². The Morgan fingerprint density at radius 3 is 2.39 bits per heavy atom. The number of benzene rings is 1. The van der Waals surface area contributed by atoms with E-state index >= 15 is 0 Å². The van der Waals surface area contributed by atoms with Crippen LogP contribution in [0.1, 0.15) is 24.8 Å². The molecule has 0 aliphatic carbocycles. The van der Waals surface area contributed by atoms with Crippen LogP contribution in [0.3, 0.4) is 0 Å².